The van der Waals surface area contributed by atoms with Crippen LogP contribution < -0.4 is 0 Å². The maximum absolute atomic E-state index is 10.4. The van der Waals surface area contributed by atoms with Gasteiger partial charge in [0.15, 0.2) is 0 Å². The lowest BCUT2D eigenvalue weighted by molar-refractivity contribution is -0.137. The second-order valence-electron chi connectivity index (χ2n) is 5.58. The maximum Gasteiger partial charge on any atom is 0.303 e. The third-order valence-electron chi connectivity index (χ3n) is 3.64. The molecule has 0 aliphatic heterocycles. The van der Waals surface area contributed by atoms with E-state index in [1.165, 1.54) is 37.7 Å². The number of hydrogen-bond acceptors (Lipinski definition) is 2. The number of unbranched alkanes of at least 4 members (excludes halogenated alkanes) is 5. The zero-order chi connectivity index (χ0) is 14.8. The fourth-order valence-electron chi connectivity index (χ4n) is 2.43. The van der Waals surface area contributed by atoms with Crippen LogP contribution in [0.2, 0.25) is 0 Å². The molecule has 0 fully saturated rings. The number of carbonyl (C=O) groups is 1. The van der Waals surface area contributed by atoms with E-state index in [1.807, 2.05) is 0 Å². The first kappa shape index (κ1) is 16.8. The minimum Gasteiger partial charge on any atom is -0.481 e. The van der Waals surface area contributed by atoms with Gasteiger partial charge in [-0.25, -0.2) is 0 Å². The largest absolute Gasteiger partial charge is 0.481 e. The highest BCUT2D eigenvalue weighted by Gasteiger charge is 2.07. The Labute approximate surface area is 122 Å². The number of hydrogen-bond donors (Lipinski definition) is 1. The van der Waals surface area contributed by atoms with Crippen molar-refractivity contribution in [3.63, 3.8) is 0 Å². The molecule has 1 heterocycles. The number of carboxylic acid groups (broad SMARTS) is 1. The zero-order valence-electron chi connectivity index (χ0n) is 12.9. The van der Waals surface area contributed by atoms with E-state index in [9.17, 15) is 4.79 Å². The lowest BCUT2D eigenvalue weighted by atomic mass is 10.1. The summed E-state index contributed by atoms with van der Waals surface area (Å²) < 4.78 is 5.88. The number of aliphatic carboxylic acids is 1. The summed E-state index contributed by atoms with van der Waals surface area (Å²) in [6.45, 7) is 4.33. The molecule has 0 atom stereocenters. The van der Waals surface area contributed by atoms with E-state index in [1.54, 1.807) is 0 Å². The minimum atomic E-state index is -0.714. The van der Waals surface area contributed by atoms with Crippen LogP contribution in [0.3, 0.4) is 0 Å². The van der Waals surface area contributed by atoms with Crippen molar-refractivity contribution < 1.29 is 14.3 Å². The van der Waals surface area contributed by atoms with Gasteiger partial charge in [0.25, 0.3) is 0 Å². The lowest BCUT2D eigenvalue weighted by Crippen LogP contribution is -1.94. The van der Waals surface area contributed by atoms with Crippen molar-refractivity contribution >= 4 is 5.97 Å². The molecule has 0 bridgehead atoms. The van der Waals surface area contributed by atoms with Crippen molar-refractivity contribution in [3.05, 3.63) is 23.2 Å². The van der Waals surface area contributed by atoms with Gasteiger partial charge in [-0.3, -0.25) is 4.79 Å². The molecule has 0 spiro atoms. The number of furan rings is 1. The van der Waals surface area contributed by atoms with Crippen molar-refractivity contribution in [3.8, 4) is 0 Å². The van der Waals surface area contributed by atoms with Gasteiger partial charge >= 0.3 is 5.97 Å². The average molecular weight is 280 g/mol. The quantitative estimate of drug-likeness (QED) is 0.587. The molecule has 0 aromatic carbocycles. The molecule has 114 valence electrons. The molecule has 1 N–H and O–H groups in total. The van der Waals surface area contributed by atoms with Gasteiger partial charge in [0.2, 0.25) is 0 Å². The minimum absolute atomic E-state index is 0.254. The molecule has 0 aliphatic carbocycles. The van der Waals surface area contributed by atoms with Gasteiger partial charge in [-0.05, 0) is 37.8 Å². The van der Waals surface area contributed by atoms with Crippen LogP contribution in [0.5, 0.6) is 0 Å². The van der Waals surface area contributed by atoms with E-state index in [4.69, 9.17) is 9.52 Å². The van der Waals surface area contributed by atoms with Crippen molar-refractivity contribution in [2.45, 2.75) is 78.1 Å². The average Bonchev–Trinajstić information content (AvgIpc) is 2.75. The standard InChI is InChI=1S/C17H28O3/c1-3-4-5-6-7-11-16-14(2)13-15(20-16)10-8-9-12-17(18)19/h13H,3-12H2,1-2H3,(H,18,19). The molecular weight excluding hydrogens is 252 g/mol. The Morgan fingerprint density at radius 2 is 1.80 bits per heavy atom. The summed E-state index contributed by atoms with van der Waals surface area (Å²) in [5, 5.41) is 8.59. The summed E-state index contributed by atoms with van der Waals surface area (Å²) in [4.78, 5) is 10.4. The summed E-state index contributed by atoms with van der Waals surface area (Å²) in [5.74, 6) is 1.42. The van der Waals surface area contributed by atoms with Crippen LogP contribution in [0.25, 0.3) is 0 Å². The van der Waals surface area contributed by atoms with Crippen LogP contribution in [0.4, 0.5) is 0 Å². The third kappa shape index (κ3) is 6.78. The Morgan fingerprint density at radius 1 is 1.10 bits per heavy atom. The Bertz CT molecular complexity index is 393. The molecule has 1 rings (SSSR count). The van der Waals surface area contributed by atoms with Crippen LogP contribution in [0.15, 0.2) is 10.5 Å². The van der Waals surface area contributed by atoms with Crippen LogP contribution in [0, 0.1) is 6.92 Å². The Morgan fingerprint density at radius 3 is 2.50 bits per heavy atom. The van der Waals surface area contributed by atoms with Crippen LogP contribution in [-0.4, -0.2) is 11.1 Å². The van der Waals surface area contributed by atoms with Crippen molar-refractivity contribution in [1.29, 1.82) is 0 Å². The maximum atomic E-state index is 10.4. The predicted octanol–water partition coefficient (Wildman–Crippen LogP) is 4.90. The Kier molecular flexibility index (Phi) is 8.08. The molecule has 0 radical (unpaired) electrons. The van der Waals surface area contributed by atoms with Crippen LogP contribution in [-0.2, 0) is 17.6 Å². The molecule has 0 saturated heterocycles. The van der Waals surface area contributed by atoms with Gasteiger partial charge in [0.05, 0.1) is 0 Å². The molecule has 0 unspecified atom stereocenters. The monoisotopic (exact) mass is 280 g/mol. The summed E-state index contributed by atoms with van der Waals surface area (Å²) in [5.41, 5.74) is 1.24. The van der Waals surface area contributed by atoms with Gasteiger partial charge in [0, 0.05) is 19.3 Å². The first-order valence-electron chi connectivity index (χ1n) is 7.93. The molecule has 0 saturated carbocycles. The van der Waals surface area contributed by atoms with Crippen LogP contribution >= 0.6 is 0 Å². The molecule has 3 nitrogen and oxygen atoms in total. The highest BCUT2D eigenvalue weighted by molar-refractivity contribution is 5.66. The van der Waals surface area contributed by atoms with Crippen molar-refractivity contribution in [1.82, 2.24) is 0 Å². The first-order chi connectivity index (χ1) is 9.63. The Balaban J connectivity index is 2.26. The first-order valence-corrected chi connectivity index (χ1v) is 7.93. The number of rotatable bonds is 11. The summed E-state index contributed by atoms with van der Waals surface area (Å²) >= 11 is 0. The number of carboxylic acids is 1. The van der Waals surface area contributed by atoms with E-state index in [0.29, 0.717) is 0 Å². The fraction of sp³-hybridized carbons (Fsp3) is 0.706. The SMILES string of the molecule is CCCCCCCc1oc(CCCCC(=O)O)cc1C. The topological polar surface area (TPSA) is 50.4 Å². The Hall–Kier alpha value is -1.25. The van der Waals surface area contributed by atoms with E-state index >= 15 is 0 Å². The van der Waals surface area contributed by atoms with Crippen molar-refractivity contribution in [2.75, 3.05) is 0 Å². The molecule has 20 heavy (non-hydrogen) atoms. The van der Waals surface area contributed by atoms with E-state index in [0.717, 1.165) is 37.2 Å². The third-order valence-corrected chi connectivity index (χ3v) is 3.64. The highest BCUT2D eigenvalue weighted by atomic mass is 16.4. The van der Waals surface area contributed by atoms with Gasteiger partial charge in [-0.15, -0.1) is 0 Å². The van der Waals surface area contributed by atoms with E-state index < -0.39 is 5.97 Å². The molecule has 0 amide bonds. The van der Waals surface area contributed by atoms with Crippen molar-refractivity contribution in [2.24, 2.45) is 0 Å². The molecule has 1 aromatic rings. The molecule has 3 heteroatoms. The van der Waals surface area contributed by atoms with Gasteiger partial charge in [-0.2, -0.15) is 0 Å². The van der Waals surface area contributed by atoms with E-state index in [-0.39, 0.29) is 6.42 Å². The second-order valence-corrected chi connectivity index (χ2v) is 5.58. The molecule has 0 aliphatic rings. The zero-order valence-corrected chi connectivity index (χ0v) is 12.9. The van der Waals surface area contributed by atoms with Gasteiger partial charge < -0.3 is 9.52 Å². The van der Waals surface area contributed by atoms with Crippen LogP contribution in [0.1, 0.15) is 75.4 Å². The summed E-state index contributed by atoms with van der Waals surface area (Å²) in [6.07, 6.45) is 10.1. The van der Waals surface area contributed by atoms with E-state index in [2.05, 4.69) is 19.9 Å². The van der Waals surface area contributed by atoms with Gasteiger partial charge in [0.1, 0.15) is 11.5 Å². The fourth-order valence-corrected chi connectivity index (χ4v) is 2.43. The smallest absolute Gasteiger partial charge is 0.303 e. The lowest BCUT2D eigenvalue weighted by Gasteiger charge is -2.00. The molecular formula is C17H28O3. The van der Waals surface area contributed by atoms with Gasteiger partial charge in [-0.1, -0.05) is 32.6 Å². The highest BCUT2D eigenvalue weighted by Crippen LogP contribution is 2.19. The summed E-state index contributed by atoms with van der Waals surface area (Å²) in [7, 11) is 0. The summed E-state index contributed by atoms with van der Waals surface area (Å²) in [6, 6.07) is 2.11. The number of aryl methyl sites for hydroxylation is 3. The normalized spacial score (nSPS) is 10.9. The molecule has 1 aromatic heterocycles. The predicted molar refractivity (Wildman–Crippen MR) is 81.1 cm³/mol. The second kappa shape index (κ2) is 9.62.